The molecule has 0 aliphatic carbocycles. The van der Waals surface area contributed by atoms with Crippen LogP contribution < -0.4 is 0 Å². The Balaban J connectivity index is 2.75. The summed E-state index contributed by atoms with van der Waals surface area (Å²) in [6.45, 7) is 3.06. The van der Waals surface area contributed by atoms with Crippen molar-refractivity contribution >= 4 is 12.0 Å². The number of carboxylic acids is 1. The molecule has 0 aliphatic heterocycles. The van der Waals surface area contributed by atoms with Crippen LogP contribution in [0.3, 0.4) is 0 Å². The lowest BCUT2D eigenvalue weighted by molar-refractivity contribution is -0.131. The van der Waals surface area contributed by atoms with Crippen molar-refractivity contribution in [3.63, 3.8) is 0 Å². The van der Waals surface area contributed by atoms with Gasteiger partial charge in [0.15, 0.2) is 0 Å². The smallest absolute Gasteiger partial charge is 0.328 e. The van der Waals surface area contributed by atoms with Crippen molar-refractivity contribution < 1.29 is 19.0 Å². The Morgan fingerprint density at radius 1 is 1.53 bits per heavy atom. The molecule has 0 radical (unpaired) electrons. The molecule has 1 N–H and O–H groups in total. The van der Waals surface area contributed by atoms with Crippen molar-refractivity contribution in [2.24, 2.45) is 0 Å². The zero-order valence-electron chi connectivity index (χ0n) is 9.65. The highest BCUT2D eigenvalue weighted by Crippen LogP contribution is 2.13. The summed E-state index contributed by atoms with van der Waals surface area (Å²) in [4.78, 5) is 10.3. The maximum absolute atomic E-state index is 13.3. The number of aliphatic carboxylic acids is 1. The van der Waals surface area contributed by atoms with Crippen LogP contribution in [0, 0.1) is 5.82 Å². The lowest BCUT2D eigenvalue weighted by atomic mass is 10.1. The molecule has 0 aromatic heterocycles. The second-order valence-electron chi connectivity index (χ2n) is 3.58. The Labute approximate surface area is 99.5 Å². The average Bonchev–Trinajstić information content (AvgIpc) is 2.29. The van der Waals surface area contributed by atoms with E-state index in [2.05, 4.69) is 0 Å². The van der Waals surface area contributed by atoms with Gasteiger partial charge in [0, 0.05) is 18.2 Å². The largest absolute Gasteiger partial charge is 0.478 e. The highest BCUT2D eigenvalue weighted by atomic mass is 19.1. The minimum Gasteiger partial charge on any atom is -0.478 e. The molecule has 1 aromatic rings. The summed E-state index contributed by atoms with van der Waals surface area (Å²) in [6, 6.07) is 4.53. The third kappa shape index (κ3) is 4.78. The summed E-state index contributed by atoms with van der Waals surface area (Å²) in [6.07, 6.45) is 3.07. The number of halogens is 1. The summed E-state index contributed by atoms with van der Waals surface area (Å²) in [7, 11) is 0. The van der Waals surface area contributed by atoms with Crippen molar-refractivity contribution in [3.05, 3.63) is 41.2 Å². The summed E-state index contributed by atoms with van der Waals surface area (Å²) in [5.74, 6) is -1.54. The van der Waals surface area contributed by atoms with E-state index >= 15 is 0 Å². The second kappa shape index (κ2) is 6.81. The number of rotatable bonds is 6. The molecule has 0 saturated heterocycles. The summed E-state index contributed by atoms with van der Waals surface area (Å²) >= 11 is 0. The van der Waals surface area contributed by atoms with Gasteiger partial charge in [-0.3, -0.25) is 0 Å². The van der Waals surface area contributed by atoms with Crippen LogP contribution in [0.4, 0.5) is 4.39 Å². The van der Waals surface area contributed by atoms with Gasteiger partial charge >= 0.3 is 5.97 Å². The van der Waals surface area contributed by atoms with Crippen molar-refractivity contribution in [1.29, 1.82) is 0 Å². The molecule has 0 spiro atoms. The molecule has 1 aromatic carbocycles. The van der Waals surface area contributed by atoms with Gasteiger partial charge in [0.2, 0.25) is 0 Å². The van der Waals surface area contributed by atoms with Crippen molar-refractivity contribution in [2.45, 2.75) is 20.0 Å². The van der Waals surface area contributed by atoms with Gasteiger partial charge in [-0.15, -0.1) is 0 Å². The molecule has 1 rings (SSSR count). The first-order chi connectivity index (χ1) is 8.13. The molecular formula is C13H15FO3. The third-order valence-corrected chi connectivity index (χ3v) is 2.08. The van der Waals surface area contributed by atoms with Gasteiger partial charge in [-0.05, 0) is 30.2 Å². The molecular weight excluding hydrogens is 223 g/mol. The topological polar surface area (TPSA) is 46.5 Å². The lowest BCUT2D eigenvalue weighted by Crippen LogP contribution is -1.95. The quantitative estimate of drug-likeness (QED) is 0.612. The number of hydrogen-bond acceptors (Lipinski definition) is 2. The number of benzene rings is 1. The molecule has 0 amide bonds. The van der Waals surface area contributed by atoms with Crippen LogP contribution >= 0.6 is 0 Å². The Morgan fingerprint density at radius 2 is 2.29 bits per heavy atom. The van der Waals surface area contributed by atoms with Crippen LogP contribution in [-0.2, 0) is 16.1 Å². The predicted octanol–water partition coefficient (Wildman–Crippen LogP) is 2.85. The number of carboxylic acid groups (broad SMARTS) is 1. The molecule has 4 heteroatoms. The van der Waals surface area contributed by atoms with Gasteiger partial charge in [-0.2, -0.15) is 0 Å². The Kier molecular flexibility index (Phi) is 5.36. The molecule has 92 valence electrons. The first-order valence-electron chi connectivity index (χ1n) is 5.40. The van der Waals surface area contributed by atoms with E-state index in [1.54, 1.807) is 12.1 Å². The zero-order valence-corrected chi connectivity index (χ0v) is 9.65. The maximum Gasteiger partial charge on any atom is 0.328 e. The molecule has 0 saturated carbocycles. The number of ether oxygens (including phenoxy) is 1. The van der Waals surface area contributed by atoms with Crippen LogP contribution in [0.15, 0.2) is 24.3 Å². The van der Waals surface area contributed by atoms with E-state index in [4.69, 9.17) is 9.84 Å². The van der Waals surface area contributed by atoms with Crippen LogP contribution in [-0.4, -0.2) is 17.7 Å². The lowest BCUT2D eigenvalue weighted by Gasteiger charge is -2.04. The normalized spacial score (nSPS) is 10.9. The molecule has 17 heavy (non-hydrogen) atoms. The Bertz CT molecular complexity index is 413. The summed E-state index contributed by atoms with van der Waals surface area (Å²) in [5.41, 5.74) is 1.08. The number of carbonyl (C=O) groups is 1. The Morgan fingerprint density at radius 3 is 2.94 bits per heavy atom. The van der Waals surface area contributed by atoms with Gasteiger partial charge < -0.3 is 9.84 Å². The highest BCUT2D eigenvalue weighted by Gasteiger charge is 2.01. The standard InChI is InChI=1S/C13H15FO3/c1-2-7-17-9-10-3-5-12(14)11(8-10)4-6-13(15)16/h3-6,8H,2,7,9H2,1H3,(H,15,16). The highest BCUT2D eigenvalue weighted by molar-refractivity contribution is 5.85. The van der Waals surface area contributed by atoms with E-state index in [-0.39, 0.29) is 5.56 Å². The second-order valence-corrected chi connectivity index (χ2v) is 3.58. The number of hydrogen-bond donors (Lipinski definition) is 1. The van der Waals surface area contributed by atoms with E-state index in [1.165, 1.54) is 12.1 Å². The molecule has 0 aliphatic rings. The third-order valence-electron chi connectivity index (χ3n) is 2.08. The zero-order chi connectivity index (χ0) is 12.7. The minimum atomic E-state index is -1.10. The van der Waals surface area contributed by atoms with E-state index in [0.29, 0.717) is 13.2 Å². The van der Waals surface area contributed by atoms with E-state index in [0.717, 1.165) is 18.1 Å². The van der Waals surface area contributed by atoms with E-state index in [9.17, 15) is 9.18 Å². The fourth-order valence-corrected chi connectivity index (χ4v) is 1.31. The van der Waals surface area contributed by atoms with Gasteiger partial charge in [0.25, 0.3) is 0 Å². The summed E-state index contributed by atoms with van der Waals surface area (Å²) in [5, 5.41) is 8.47. The minimum absolute atomic E-state index is 0.255. The Hall–Kier alpha value is -1.68. The van der Waals surface area contributed by atoms with Crippen molar-refractivity contribution in [2.75, 3.05) is 6.61 Å². The predicted molar refractivity (Wildman–Crippen MR) is 63.0 cm³/mol. The molecule has 0 heterocycles. The molecule has 0 atom stereocenters. The monoisotopic (exact) mass is 238 g/mol. The van der Waals surface area contributed by atoms with Crippen LogP contribution in [0.2, 0.25) is 0 Å². The van der Waals surface area contributed by atoms with Crippen molar-refractivity contribution in [1.82, 2.24) is 0 Å². The SMILES string of the molecule is CCCOCc1ccc(F)c(C=CC(=O)O)c1. The fraction of sp³-hybridized carbons (Fsp3) is 0.308. The van der Waals surface area contributed by atoms with Gasteiger partial charge in [0.05, 0.1) is 6.61 Å². The molecule has 0 fully saturated rings. The fourth-order valence-electron chi connectivity index (χ4n) is 1.31. The maximum atomic E-state index is 13.3. The van der Waals surface area contributed by atoms with Crippen LogP contribution in [0.1, 0.15) is 24.5 Å². The molecule has 0 unspecified atom stereocenters. The first kappa shape index (κ1) is 13.4. The van der Waals surface area contributed by atoms with Gasteiger partial charge in [0.1, 0.15) is 5.82 Å². The van der Waals surface area contributed by atoms with E-state index < -0.39 is 11.8 Å². The van der Waals surface area contributed by atoms with Crippen LogP contribution in [0.5, 0.6) is 0 Å². The first-order valence-corrected chi connectivity index (χ1v) is 5.40. The van der Waals surface area contributed by atoms with Crippen molar-refractivity contribution in [3.8, 4) is 0 Å². The summed E-state index contributed by atoms with van der Waals surface area (Å²) < 4.78 is 18.6. The van der Waals surface area contributed by atoms with E-state index in [1.807, 2.05) is 6.92 Å². The average molecular weight is 238 g/mol. The van der Waals surface area contributed by atoms with Gasteiger partial charge in [-0.1, -0.05) is 13.0 Å². The molecule has 0 bridgehead atoms. The molecule has 3 nitrogen and oxygen atoms in total. The van der Waals surface area contributed by atoms with Crippen LogP contribution in [0.25, 0.3) is 6.08 Å². The van der Waals surface area contributed by atoms with Gasteiger partial charge in [-0.25, -0.2) is 9.18 Å².